The van der Waals surface area contributed by atoms with Crippen LogP contribution in [0, 0.1) is 13.8 Å². The maximum absolute atomic E-state index is 12.0. The minimum Gasteiger partial charge on any atom is -0.484 e. The monoisotopic (exact) mass is 353 g/mol. The zero-order valence-electron chi connectivity index (χ0n) is 15.6. The third-order valence-corrected chi connectivity index (χ3v) is 4.59. The topological polar surface area (TPSA) is 47.6 Å². The van der Waals surface area contributed by atoms with Crippen LogP contribution in [0.5, 0.6) is 17.2 Å². The van der Waals surface area contributed by atoms with Crippen molar-refractivity contribution in [3.63, 3.8) is 0 Å². The summed E-state index contributed by atoms with van der Waals surface area (Å²) in [5.74, 6) is 2.18. The van der Waals surface area contributed by atoms with Gasteiger partial charge in [-0.15, -0.1) is 0 Å². The Kier molecular flexibility index (Phi) is 6.16. The van der Waals surface area contributed by atoms with Crippen molar-refractivity contribution >= 4 is 5.91 Å². The maximum Gasteiger partial charge on any atom is 0.258 e. The highest BCUT2D eigenvalue weighted by Gasteiger charge is 2.15. The lowest BCUT2D eigenvalue weighted by molar-refractivity contribution is -0.124. The van der Waals surface area contributed by atoms with Gasteiger partial charge in [0, 0.05) is 6.04 Å². The predicted octanol–water partition coefficient (Wildman–Crippen LogP) is 4.92. The molecule has 0 atom stereocenters. The molecule has 3 rings (SSSR count). The van der Waals surface area contributed by atoms with Crippen molar-refractivity contribution in [2.45, 2.75) is 52.0 Å². The number of aryl methyl sites for hydroxylation is 2. The van der Waals surface area contributed by atoms with E-state index in [0.29, 0.717) is 11.8 Å². The van der Waals surface area contributed by atoms with Gasteiger partial charge < -0.3 is 14.8 Å². The van der Waals surface area contributed by atoms with E-state index in [2.05, 4.69) is 25.2 Å². The summed E-state index contributed by atoms with van der Waals surface area (Å²) in [7, 11) is 0. The standard InChI is InChI=1S/C22H27NO3/c1-16-12-17(2)14-21(13-16)26-20-10-8-19(9-11-20)25-15-22(24)23-18-6-4-3-5-7-18/h8-14,18H,3-7,15H2,1-2H3,(H,23,24). The molecule has 1 fully saturated rings. The summed E-state index contributed by atoms with van der Waals surface area (Å²) in [6.45, 7) is 4.15. The molecular formula is C22H27NO3. The van der Waals surface area contributed by atoms with Crippen molar-refractivity contribution in [1.82, 2.24) is 5.32 Å². The number of carbonyl (C=O) groups is 1. The van der Waals surface area contributed by atoms with Crippen molar-refractivity contribution in [3.05, 3.63) is 53.6 Å². The van der Waals surface area contributed by atoms with Gasteiger partial charge in [-0.2, -0.15) is 0 Å². The Morgan fingerprint density at radius 2 is 1.54 bits per heavy atom. The lowest BCUT2D eigenvalue weighted by atomic mass is 9.95. The number of hydrogen-bond acceptors (Lipinski definition) is 3. The van der Waals surface area contributed by atoms with Crippen LogP contribution < -0.4 is 14.8 Å². The first kappa shape index (κ1) is 18.3. The van der Waals surface area contributed by atoms with E-state index >= 15 is 0 Å². The molecule has 1 amide bonds. The Morgan fingerprint density at radius 3 is 2.19 bits per heavy atom. The molecule has 1 saturated carbocycles. The van der Waals surface area contributed by atoms with Gasteiger partial charge >= 0.3 is 0 Å². The molecule has 4 nitrogen and oxygen atoms in total. The zero-order chi connectivity index (χ0) is 18.4. The van der Waals surface area contributed by atoms with E-state index in [9.17, 15) is 4.79 Å². The Morgan fingerprint density at radius 1 is 0.923 bits per heavy atom. The summed E-state index contributed by atoms with van der Waals surface area (Å²) in [5, 5.41) is 3.06. The van der Waals surface area contributed by atoms with Crippen LogP contribution in [0.2, 0.25) is 0 Å². The fraction of sp³-hybridized carbons (Fsp3) is 0.409. The van der Waals surface area contributed by atoms with Crippen LogP contribution in [0.4, 0.5) is 0 Å². The smallest absolute Gasteiger partial charge is 0.258 e. The molecule has 2 aromatic carbocycles. The average molecular weight is 353 g/mol. The van der Waals surface area contributed by atoms with Crippen LogP contribution in [0.15, 0.2) is 42.5 Å². The summed E-state index contributed by atoms with van der Waals surface area (Å²) in [6.07, 6.45) is 5.84. The van der Waals surface area contributed by atoms with Crippen LogP contribution in [0.1, 0.15) is 43.2 Å². The summed E-state index contributed by atoms with van der Waals surface area (Å²) in [5.41, 5.74) is 2.34. The molecule has 1 N–H and O–H groups in total. The summed E-state index contributed by atoms with van der Waals surface area (Å²) < 4.78 is 11.5. The summed E-state index contributed by atoms with van der Waals surface area (Å²) >= 11 is 0. The van der Waals surface area contributed by atoms with Gasteiger partial charge in [0.2, 0.25) is 0 Å². The zero-order valence-corrected chi connectivity index (χ0v) is 15.6. The molecule has 138 valence electrons. The highest BCUT2D eigenvalue weighted by atomic mass is 16.5. The third-order valence-electron chi connectivity index (χ3n) is 4.59. The van der Waals surface area contributed by atoms with Gasteiger partial charge in [0.15, 0.2) is 6.61 Å². The molecule has 0 bridgehead atoms. The van der Waals surface area contributed by atoms with Crippen LogP contribution >= 0.6 is 0 Å². The van der Waals surface area contributed by atoms with Gasteiger partial charge in [-0.25, -0.2) is 0 Å². The molecular weight excluding hydrogens is 326 g/mol. The van der Waals surface area contributed by atoms with Gasteiger partial charge in [-0.3, -0.25) is 4.79 Å². The molecule has 0 aromatic heterocycles. The minimum atomic E-state index is -0.0486. The van der Waals surface area contributed by atoms with Gasteiger partial charge in [-0.05, 0) is 74.2 Å². The Hall–Kier alpha value is -2.49. The average Bonchev–Trinajstić information content (AvgIpc) is 2.61. The SMILES string of the molecule is Cc1cc(C)cc(Oc2ccc(OCC(=O)NC3CCCCC3)cc2)c1. The third kappa shape index (κ3) is 5.51. The largest absolute Gasteiger partial charge is 0.484 e. The van der Waals surface area contributed by atoms with Gasteiger partial charge in [-0.1, -0.05) is 25.3 Å². The van der Waals surface area contributed by atoms with Crippen molar-refractivity contribution in [2.24, 2.45) is 0 Å². The summed E-state index contributed by atoms with van der Waals surface area (Å²) in [6, 6.07) is 13.8. The molecule has 0 radical (unpaired) electrons. The highest BCUT2D eigenvalue weighted by Crippen LogP contribution is 2.25. The number of carbonyl (C=O) groups excluding carboxylic acids is 1. The first-order chi connectivity index (χ1) is 12.6. The second kappa shape index (κ2) is 8.75. The molecule has 0 saturated heterocycles. The normalized spacial score (nSPS) is 14.7. The molecule has 4 heteroatoms. The van der Waals surface area contributed by atoms with Gasteiger partial charge in [0.05, 0.1) is 0 Å². The van der Waals surface area contributed by atoms with Crippen molar-refractivity contribution in [3.8, 4) is 17.2 Å². The Labute approximate surface area is 155 Å². The van der Waals surface area contributed by atoms with Gasteiger partial charge in [0.25, 0.3) is 5.91 Å². The Bertz CT molecular complexity index is 713. The lowest BCUT2D eigenvalue weighted by Crippen LogP contribution is -2.38. The van der Waals surface area contributed by atoms with E-state index < -0.39 is 0 Å². The fourth-order valence-corrected chi connectivity index (χ4v) is 3.40. The van der Waals surface area contributed by atoms with Crippen LogP contribution in [-0.2, 0) is 4.79 Å². The molecule has 0 unspecified atom stereocenters. The second-order valence-corrected chi connectivity index (χ2v) is 7.09. The van der Waals surface area contributed by atoms with E-state index in [1.807, 2.05) is 36.4 Å². The molecule has 1 aliphatic carbocycles. The second-order valence-electron chi connectivity index (χ2n) is 7.09. The van der Waals surface area contributed by atoms with Crippen molar-refractivity contribution < 1.29 is 14.3 Å². The maximum atomic E-state index is 12.0. The van der Waals surface area contributed by atoms with E-state index in [1.165, 1.54) is 30.4 Å². The lowest BCUT2D eigenvalue weighted by Gasteiger charge is -2.22. The van der Waals surface area contributed by atoms with E-state index in [4.69, 9.17) is 9.47 Å². The highest BCUT2D eigenvalue weighted by molar-refractivity contribution is 5.77. The van der Waals surface area contributed by atoms with E-state index in [-0.39, 0.29) is 12.5 Å². The molecule has 2 aromatic rings. The number of amides is 1. The molecule has 1 aliphatic rings. The first-order valence-corrected chi connectivity index (χ1v) is 9.37. The number of rotatable bonds is 6. The molecule has 0 aliphatic heterocycles. The van der Waals surface area contributed by atoms with Crippen molar-refractivity contribution in [1.29, 1.82) is 0 Å². The minimum absolute atomic E-state index is 0.0486. The first-order valence-electron chi connectivity index (χ1n) is 9.37. The molecule has 0 spiro atoms. The van der Waals surface area contributed by atoms with Crippen LogP contribution in [0.3, 0.4) is 0 Å². The van der Waals surface area contributed by atoms with Crippen molar-refractivity contribution in [2.75, 3.05) is 6.61 Å². The van der Waals surface area contributed by atoms with Crippen LogP contribution in [0.25, 0.3) is 0 Å². The predicted molar refractivity (Wildman–Crippen MR) is 103 cm³/mol. The van der Waals surface area contributed by atoms with E-state index in [1.54, 1.807) is 0 Å². The molecule has 26 heavy (non-hydrogen) atoms. The molecule has 0 heterocycles. The fourth-order valence-electron chi connectivity index (χ4n) is 3.40. The quantitative estimate of drug-likeness (QED) is 0.801. The number of nitrogens with one attached hydrogen (secondary N) is 1. The Balaban J connectivity index is 1.48. The summed E-state index contributed by atoms with van der Waals surface area (Å²) in [4.78, 5) is 12.0. The van der Waals surface area contributed by atoms with Gasteiger partial charge in [0.1, 0.15) is 17.2 Å². The number of hydrogen-bond donors (Lipinski definition) is 1. The van der Waals surface area contributed by atoms with Crippen LogP contribution in [-0.4, -0.2) is 18.6 Å². The van der Waals surface area contributed by atoms with E-state index in [0.717, 1.165) is 24.3 Å². The number of benzene rings is 2. The number of ether oxygens (including phenoxy) is 2.